The Labute approximate surface area is 189 Å². The fraction of sp³-hybridized carbons (Fsp3) is 0.360. The number of carbonyl (C=O) groups excluding carboxylic acids is 1. The van der Waals surface area contributed by atoms with Crippen LogP contribution in [0, 0.1) is 5.92 Å². The van der Waals surface area contributed by atoms with Gasteiger partial charge in [-0.3, -0.25) is 5.10 Å². The second-order valence-electron chi connectivity index (χ2n) is 8.47. The summed E-state index contributed by atoms with van der Waals surface area (Å²) in [5.74, 6) is 1.31. The zero-order valence-corrected chi connectivity index (χ0v) is 18.8. The number of hydrogen-bond acceptors (Lipinski definition) is 4. The van der Waals surface area contributed by atoms with Gasteiger partial charge in [-0.15, -0.1) is 0 Å². The lowest BCUT2D eigenvalue weighted by Gasteiger charge is -2.33. The first kappa shape index (κ1) is 21.9. The molecule has 2 aromatic carbocycles. The van der Waals surface area contributed by atoms with E-state index in [0.29, 0.717) is 12.5 Å². The van der Waals surface area contributed by atoms with E-state index < -0.39 is 0 Å². The quantitative estimate of drug-likeness (QED) is 0.577. The third kappa shape index (κ3) is 5.68. The third-order valence-electron chi connectivity index (χ3n) is 6.08. The van der Waals surface area contributed by atoms with Gasteiger partial charge in [-0.2, -0.15) is 5.10 Å². The van der Waals surface area contributed by atoms with E-state index in [1.54, 1.807) is 13.3 Å². The summed E-state index contributed by atoms with van der Waals surface area (Å²) in [6.45, 7) is 3.44. The van der Waals surface area contributed by atoms with Crippen LogP contribution in [0.5, 0.6) is 5.75 Å². The largest absolute Gasteiger partial charge is 0.497 e. The lowest BCUT2D eigenvalue weighted by molar-refractivity contribution is 0.163. The number of urea groups is 1. The summed E-state index contributed by atoms with van der Waals surface area (Å²) in [6.07, 6.45) is 5.85. The Morgan fingerprint density at radius 1 is 1.19 bits per heavy atom. The molecule has 0 aliphatic carbocycles. The van der Waals surface area contributed by atoms with Crippen molar-refractivity contribution in [2.24, 2.45) is 5.92 Å². The fourth-order valence-corrected chi connectivity index (χ4v) is 4.12. The number of likely N-dealkylation sites (tertiary alicyclic amines) is 1. The summed E-state index contributed by atoms with van der Waals surface area (Å²) in [7, 11) is 3.82. The van der Waals surface area contributed by atoms with Crippen molar-refractivity contribution in [3.05, 3.63) is 66.5 Å². The summed E-state index contributed by atoms with van der Waals surface area (Å²) in [6, 6.07) is 15.7. The lowest BCUT2D eigenvalue weighted by Crippen LogP contribution is -2.41. The van der Waals surface area contributed by atoms with Gasteiger partial charge in [0.15, 0.2) is 0 Å². The Hall–Kier alpha value is -3.32. The number of nitrogens with zero attached hydrogens (tertiary/aromatic N) is 3. The van der Waals surface area contributed by atoms with Crippen LogP contribution >= 0.6 is 0 Å². The van der Waals surface area contributed by atoms with E-state index in [0.717, 1.165) is 60.6 Å². The highest BCUT2D eigenvalue weighted by Gasteiger charge is 2.23. The minimum Gasteiger partial charge on any atom is -0.497 e. The van der Waals surface area contributed by atoms with Crippen LogP contribution < -0.4 is 10.1 Å². The number of H-pyrrole nitrogens is 1. The molecule has 1 aliphatic heterocycles. The highest BCUT2D eigenvalue weighted by Crippen LogP contribution is 2.23. The van der Waals surface area contributed by atoms with Crippen LogP contribution in [0.25, 0.3) is 11.1 Å². The number of benzene rings is 2. The normalized spacial score (nSPS) is 14.8. The van der Waals surface area contributed by atoms with Gasteiger partial charge in [0.25, 0.3) is 0 Å². The molecule has 1 aromatic heterocycles. The molecule has 0 atom stereocenters. The molecule has 0 radical (unpaired) electrons. The van der Waals surface area contributed by atoms with Crippen LogP contribution in [0.2, 0.25) is 0 Å². The average molecular weight is 434 g/mol. The number of ether oxygens (including phenoxy) is 1. The molecule has 1 fully saturated rings. The van der Waals surface area contributed by atoms with Crippen molar-refractivity contribution in [3.63, 3.8) is 0 Å². The number of aromatic amines is 1. The molecule has 0 spiro atoms. The molecule has 0 bridgehead atoms. The minimum atomic E-state index is -0.0807. The molecule has 1 aliphatic rings. The van der Waals surface area contributed by atoms with Crippen LogP contribution in [0.1, 0.15) is 18.4 Å². The minimum absolute atomic E-state index is 0.0807. The van der Waals surface area contributed by atoms with Gasteiger partial charge in [0, 0.05) is 30.5 Å². The molecule has 2 amide bonds. The number of amides is 2. The average Bonchev–Trinajstić information content (AvgIpc) is 3.36. The van der Waals surface area contributed by atoms with Crippen LogP contribution in [-0.2, 0) is 6.54 Å². The zero-order valence-electron chi connectivity index (χ0n) is 18.8. The number of hydrogen-bond donors (Lipinski definition) is 2. The molecule has 4 rings (SSSR count). The van der Waals surface area contributed by atoms with Gasteiger partial charge in [0.05, 0.1) is 13.3 Å². The van der Waals surface area contributed by atoms with E-state index in [1.165, 1.54) is 0 Å². The second kappa shape index (κ2) is 10.3. The molecule has 7 nitrogen and oxygen atoms in total. The number of anilines is 1. The molecule has 3 aromatic rings. The summed E-state index contributed by atoms with van der Waals surface area (Å²) in [5, 5.41) is 9.90. The molecule has 0 saturated carbocycles. The maximum Gasteiger partial charge on any atom is 0.322 e. The van der Waals surface area contributed by atoms with Gasteiger partial charge < -0.3 is 19.9 Å². The summed E-state index contributed by atoms with van der Waals surface area (Å²) >= 11 is 0. The van der Waals surface area contributed by atoms with Gasteiger partial charge in [-0.25, -0.2) is 4.79 Å². The summed E-state index contributed by atoms with van der Waals surface area (Å²) in [4.78, 5) is 17.6. The predicted molar refractivity (Wildman–Crippen MR) is 127 cm³/mol. The van der Waals surface area contributed by atoms with Crippen molar-refractivity contribution in [3.8, 4) is 16.9 Å². The number of piperidine rings is 1. The van der Waals surface area contributed by atoms with Crippen molar-refractivity contribution in [1.29, 1.82) is 0 Å². The summed E-state index contributed by atoms with van der Waals surface area (Å²) < 4.78 is 5.36. The SMILES string of the molecule is COc1cccc(CN(CC2CCN(C)CC2)C(=O)Nc2ccc(-c3cn[nH]c3)cc2)c1. The van der Waals surface area contributed by atoms with E-state index in [2.05, 4.69) is 27.5 Å². The monoisotopic (exact) mass is 433 g/mol. The molecule has 2 N–H and O–H groups in total. The number of carbonyl (C=O) groups is 1. The first-order chi connectivity index (χ1) is 15.6. The van der Waals surface area contributed by atoms with Gasteiger partial charge >= 0.3 is 6.03 Å². The van der Waals surface area contributed by atoms with E-state index in [9.17, 15) is 4.79 Å². The van der Waals surface area contributed by atoms with E-state index in [-0.39, 0.29) is 6.03 Å². The zero-order chi connectivity index (χ0) is 22.3. The van der Waals surface area contributed by atoms with Gasteiger partial charge in [-0.1, -0.05) is 24.3 Å². The predicted octanol–water partition coefficient (Wildman–Crippen LogP) is 4.46. The van der Waals surface area contributed by atoms with Crippen molar-refractivity contribution < 1.29 is 9.53 Å². The maximum atomic E-state index is 13.3. The first-order valence-corrected chi connectivity index (χ1v) is 11.1. The Morgan fingerprint density at radius 3 is 2.66 bits per heavy atom. The number of rotatable bonds is 7. The van der Waals surface area contributed by atoms with Crippen molar-refractivity contribution in [2.45, 2.75) is 19.4 Å². The van der Waals surface area contributed by atoms with E-state index in [4.69, 9.17) is 4.74 Å². The molecule has 1 saturated heterocycles. The molecule has 0 unspecified atom stereocenters. The highest BCUT2D eigenvalue weighted by molar-refractivity contribution is 5.89. The van der Waals surface area contributed by atoms with Crippen LogP contribution in [0.3, 0.4) is 0 Å². The van der Waals surface area contributed by atoms with E-state index >= 15 is 0 Å². The number of methoxy groups -OCH3 is 1. The molecule has 168 valence electrons. The number of aromatic nitrogens is 2. The lowest BCUT2D eigenvalue weighted by atomic mass is 9.96. The third-order valence-corrected chi connectivity index (χ3v) is 6.08. The Bertz CT molecular complexity index is 995. The van der Waals surface area contributed by atoms with Crippen LogP contribution in [0.15, 0.2) is 60.9 Å². The van der Waals surface area contributed by atoms with Crippen molar-refractivity contribution in [1.82, 2.24) is 20.0 Å². The molecule has 32 heavy (non-hydrogen) atoms. The van der Waals surface area contributed by atoms with E-state index in [1.807, 2.05) is 59.6 Å². The van der Waals surface area contributed by atoms with Gasteiger partial charge in [-0.05, 0) is 74.3 Å². The standard InChI is InChI=1S/C25H31N5O2/c1-29-12-10-19(11-13-29)17-30(18-20-4-3-5-24(14-20)32-2)25(31)28-23-8-6-21(7-9-23)22-15-26-27-16-22/h3-9,14-16,19H,10-13,17-18H2,1-2H3,(H,26,27)(H,28,31). The van der Waals surface area contributed by atoms with Gasteiger partial charge in [0.1, 0.15) is 5.75 Å². The van der Waals surface area contributed by atoms with Gasteiger partial charge in [0.2, 0.25) is 0 Å². The van der Waals surface area contributed by atoms with Crippen molar-refractivity contribution in [2.75, 3.05) is 39.1 Å². The molecular formula is C25H31N5O2. The fourth-order valence-electron chi connectivity index (χ4n) is 4.12. The second-order valence-corrected chi connectivity index (χ2v) is 8.47. The molecule has 2 heterocycles. The number of nitrogens with one attached hydrogen (secondary N) is 2. The Morgan fingerprint density at radius 2 is 1.97 bits per heavy atom. The van der Waals surface area contributed by atoms with Crippen LogP contribution in [0.4, 0.5) is 10.5 Å². The Kier molecular flexibility index (Phi) is 7.07. The molecule has 7 heteroatoms. The summed E-state index contributed by atoms with van der Waals surface area (Å²) in [5.41, 5.74) is 3.91. The maximum absolute atomic E-state index is 13.3. The van der Waals surface area contributed by atoms with Crippen LogP contribution in [-0.4, -0.2) is 59.8 Å². The molecular weight excluding hydrogens is 402 g/mol. The highest BCUT2D eigenvalue weighted by atomic mass is 16.5. The Balaban J connectivity index is 1.46. The van der Waals surface area contributed by atoms with Crippen molar-refractivity contribution >= 4 is 11.7 Å². The first-order valence-electron chi connectivity index (χ1n) is 11.1. The topological polar surface area (TPSA) is 73.5 Å². The smallest absolute Gasteiger partial charge is 0.322 e.